The number of ether oxygens (including phenoxy) is 1. The fraction of sp³-hybridized carbons (Fsp3) is 0.0800. The van der Waals surface area contributed by atoms with Crippen molar-refractivity contribution >= 4 is 11.6 Å². The van der Waals surface area contributed by atoms with Crippen LogP contribution >= 0.6 is 0 Å². The molecule has 0 saturated carbocycles. The molecule has 0 bridgehead atoms. The van der Waals surface area contributed by atoms with E-state index in [0.29, 0.717) is 23.6 Å². The minimum absolute atomic E-state index is 0.149. The van der Waals surface area contributed by atoms with E-state index in [9.17, 15) is 5.11 Å². The largest absolute Gasteiger partial charge is 0.507 e. The van der Waals surface area contributed by atoms with E-state index in [0.717, 1.165) is 22.4 Å². The van der Waals surface area contributed by atoms with Crippen LogP contribution in [-0.2, 0) is 6.61 Å². The number of rotatable bonds is 6. The zero-order chi connectivity index (χ0) is 20.1. The Morgan fingerprint density at radius 1 is 0.966 bits per heavy atom. The molecule has 4 rings (SSSR count). The van der Waals surface area contributed by atoms with Crippen molar-refractivity contribution in [3.05, 3.63) is 102 Å². The fourth-order valence-electron chi connectivity index (χ4n) is 3.17. The van der Waals surface area contributed by atoms with E-state index >= 15 is 0 Å². The zero-order valence-electron chi connectivity index (χ0n) is 16.2. The smallest absolute Gasteiger partial charge is 0.132 e. The Balaban J connectivity index is 1.61. The van der Waals surface area contributed by atoms with Crippen molar-refractivity contribution in [3.63, 3.8) is 0 Å². The Morgan fingerprint density at radius 3 is 2.45 bits per heavy atom. The van der Waals surface area contributed by atoms with Crippen LogP contribution in [-0.4, -0.2) is 15.3 Å². The third-order valence-electron chi connectivity index (χ3n) is 4.68. The molecule has 0 radical (unpaired) electrons. The highest BCUT2D eigenvalue weighted by atomic mass is 16.5. The molecule has 4 heteroatoms. The van der Waals surface area contributed by atoms with Crippen molar-refractivity contribution in [2.45, 2.75) is 13.5 Å². The highest BCUT2D eigenvalue weighted by molar-refractivity contribution is 5.82. The van der Waals surface area contributed by atoms with Gasteiger partial charge in [-0.2, -0.15) is 5.10 Å². The molecule has 0 aliphatic rings. The summed E-state index contributed by atoms with van der Waals surface area (Å²) >= 11 is 0. The number of H-pyrrole nitrogens is 1. The van der Waals surface area contributed by atoms with Gasteiger partial charge >= 0.3 is 0 Å². The quantitative estimate of drug-likeness (QED) is 0.435. The second kappa shape index (κ2) is 8.48. The molecule has 0 saturated heterocycles. The molecule has 0 aliphatic heterocycles. The Kier molecular flexibility index (Phi) is 5.43. The van der Waals surface area contributed by atoms with Gasteiger partial charge in [-0.15, -0.1) is 0 Å². The SMILES string of the molecule is C/C(=C\c1ccccc1)c1cc(-c2c(O)cccc2OCc2ccccc2)[nH]n1. The summed E-state index contributed by atoms with van der Waals surface area (Å²) in [5.41, 5.74) is 5.34. The maximum atomic E-state index is 10.5. The van der Waals surface area contributed by atoms with Crippen molar-refractivity contribution in [1.82, 2.24) is 10.2 Å². The predicted molar refractivity (Wildman–Crippen MR) is 116 cm³/mol. The van der Waals surface area contributed by atoms with Crippen molar-refractivity contribution in [1.29, 1.82) is 0 Å². The van der Waals surface area contributed by atoms with Gasteiger partial charge in [-0.05, 0) is 47.9 Å². The van der Waals surface area contributed by atoms with Gasteiger partial charge < -0.3 is 9.84 Å². The van der Waals surface area contributed by atoms with Crippen LogP contribution in [0.3, 0.4) is 0 Å². The molecule has 1 heterocycles. The molecule has 4 nitrogen and oxygen atoms in total. The van der Waals surface area contributed by atoms with Gasteiger partial charge in [-0.3, -0.25) is 5.10 Å². The highest BCUT2D eigenvalue weighted by Gasteiger charge is 2.15. The molecular formula is C25H22N2O2. The molecule has 144 valence electrons. The summed E-state index contributed by atoms with van der Waals surface area (Å²) in [6.45, 7) is 2.44. The van der Waals surface area contributed by atoms with Gasteiger partial charge in [0.15, 0.2) is 0 Å². The normalized spacial score (nSPS) is 11.4. The van der Waals surface area contributed by atoms with Crippen LogP contribution in [0.5, 0.6) is 11.5 Å². The van der Waals surface area contributed by atoms with Crippen LogP contribution in [0.25, 0.3) is 22.9 Å². The molecule has 0 aliphatic carbocycles. The van der Waals surface area contributed by atoms with E-state index in [-0.39, 0.29) is 5.75 Å². The lowest BCUT2D eigenvalue weighted by Gasteiger charge is -2.12. The van der Waals surface area contributed by atoms with E-state index in [1.807, 2.05) is 67.6 Å². The maximum absolute atomic E-state index is 10.5. The van der Waals surface area contributed by atoms with Crippen molar-refractivity contribution in [2.75, 3.05) is 0 Å². The number of benzene rings is 3. The van der Waals surface area contributed by atoms with Crippen LogP contribution in [0.15, 0.2) is 84.9 Å². The minimum atomic E-state index is 0.149. The van der Waals surface area contributed by atoms with E-state index in [4.69, 9.17) is 4.74 Å². The number of nitrogens with zero attached hydrogens (tertiary/aromatic N) is 1. The molecule has 1 aromatic heterocycles. The Morgan fingerprint density at radius 2 is 1.69 bits per heavy atom. The number of allylic oxidation sites excluding steroid dienone is 1. The second-order valence-corrected chi connectivity index (χ2v) is 6.83. The number of nitrogens with one attached hydrogen (secondary N) is 1. The lowest BCUT2D eigenvalue weighted by molar-refractivity contribution is 0.306. The maximum Gasteiger partial charge on any atom is 0.132 e. The van der Waals surface area contributed by atoms with Gasteiger partial charge in [0.2, 0.25) is 0 Å². The molecule has 4 aromatic rings. The topological polar surface area (TPSA) is 58.1 Å². The highest BCUT2D eigenvalue weighted by Crippen LogP contribution is 2.37. The first-order chi connectivity index (χ1) is 14.2. The van der Waals surface area contributed by atoms with Gasteiger partial charge in [-0.25, -0.2) is 0 Å². The third-order valence-corrected chi connectivity index (χ3v) is 4.68. The lowest BCUT2D eigenvalue weighted by atomic mass is 10.1. The second-order valence-electron chi connectivity index (χ2n) is 6.83. The first kappa shape index (κ1) is 18.6. The number of aromatic amines is 1. The molecule has 0 unspecified atom stereocenters. The zero-order valence-corrected chi connectivity index (χ0v) is 16.2. The summed E-state index contributed by atoms with van der Waals surface area (Å²) in [4.78, 5) is 0. The Labute approximate surface area is 170 Å². The fourth-order valence-corrected chi connectivity index (χ4v) is 3.17. The number of hydrogen-bond donors (Lipinski definition) is 2. The monoisotopic (exact) mass is 382 g/mol. The number of phenolic OH excluding ortho intramolecular Hbond substituents is 1. The summed E-state index contributed by atoms with van der Waals surface area (Å²) in [5.74, 6) is 0.754. The van der Waals surface area contributed by atoms with Crippen LogP contribution in [0.1, 0.15) is 23.7 Å². The minimum Gasteiger partial charge on any atom is -0.507 e. The summed E-state index contributed by atoms with van der Waals surface area (Å²) in [6.07, 6.45) is 2.08. The molecule has 3 aromatic carbocycles. The first-order valence-electron chi connectivity index (χ1n) is 9.49. The Bertz CT molecular complexity index is 1120. The standard InChI is InChI=1S/C25H22N2O2/c1-18(15-19-9-4-2-5-10-19)21-16-22(27-26-21)25-23(28)13-8-14-24(25)29-17-20-11-6-3-7-12-20/h2-16,28H,17H2,1H3,(H,26,27)/b18-15+. The molecule has 0 spiro atoms. The van der Waals surface area contributed by atoms with E-state index in [1.54, 1.807) is 12.1 Å². The number of aromatic hydroxyl groups is 1. The average molecular weight is 382 g/mol. The number of phenols is 1. The Hall–Kier alpha value is -3.79. The molecular weight excluding hydrogens is 360 g/mol. The third kappa shape index (κ3) is 4.38. The van der Waals surface area contributed by atoms with Crippen LogP contribution < -0.4 is 4.74 Å². The lowest BCUT2D eigenvalue weighted by Crippen LogP contribution is -1.97. The van der Waals surface area contributed by atoms with E-state index in [1.165, 1.54) is 0 Å². The molecule has 0 fully saturated rings. The molecule has 2 N–H and O–H groups in total. The first-order valence-corrected chi connectivity index (χ1v) is 9.49. The van der Waals surface area contributed by atoms with Gasteiger partial charge in [-0.1, -0.05) is 66.7 Å². The summed E-state index contributed by atoms with van der Waals surface area (Å²) < 4.78 is 6.00. The summed E-state index contributed by atoms with van der Waals surface area (Å²) in [7, 11) is 0. The predicted octanol–water partition coefficient (Wildman–Crippen LogP) is 5.92. The summed E-state index contributed by atoms with van der Waals surface area (Å²) in [6, 6.07) is 27.3. The van der Waals surface area contributed by atoms with Crippen molar-refractivity contribution in [3.8, 4) is 22.8 Å². The van der Waals surface area contributed by atoms with Gasteiger partial charge in [0, 0.05) is 0 Å². The van der Waals surface area contributed by atoms with Gasteiger partial charge in [0.05, 0.1) is 17.0 Å². The van der Waals surface area contributed by atoms with E-state index in [2.05, 4.69) is 28.4 Å². The number of aromatic nitrogens is 2. The molecule has 0 amide bonds. The van der Waals surface area contributed by atoms with Crippen molar-refractivity contribution in [2.24, 2.45) is 0 Å². The number of hydrogen-bond acceptors (Lipinski definition) is 3. The van der Waals surface area contributed by atoms with Crippen LogP contribution in [0.4, 0.5) is 0 Å². The van der Waals surface area contributed by atoms with Gasteiger partial charge in [0.25, 0.3) is 0 Å². The molecule has 29 heavy (non-hydrogen) atoms. The summed E-state index contributed by atoms with van der Waals surface area (Å²) in [5, 5.41) is 17.9. The average Bonchev–Trinajstić information content (AvgIpc) is 3.24. The van der Waals surface area contributed by atoms with Crippen molar-refractivity contribution < 1.29 is 9.84 Å². The van der Waals surface area contributed by atoms with Crippen LogP contribution in [0.2, 0.25) is 0 Å². The van der Waals surface area contributed by atoms with Gasteiger partial charge in [0.1, 0.15) is 18.1 Å². The molecule has 0 atom stereocenters. The van der Waals surface area contributed by atoms with Crippen LogP contribution in [0, 0.1) is 0 Å². The van der Waals surface area contributed by atoms with E-state index < -0.39 is 0 Å².